The number of rotatable bonds is 12. The Labute approximate surface area is 181 Å². The van der Waals surface area contributed by atoms with E-state index in [0.717, 1.165) is 5.56 Å². The van der Waals surface area contributed by atoms with Crippen LogP contribution in [0.5, 0.6) is 11.5 Å². The molecule has 0 amide bonds. The van der Waals surface area contributed by atoms with Crippen LogP contribution in [-0.2, 0) is 27.5 Å². The molecule has 0 bridgehead atoms. The molecule has 0 aromatic heterocycles. The highest BCUT2D eigenvalue weighted by molar-refractivity contribution is 5.73. The zero-order valence-corrected chi connectivity index (χ0v) is 17.7. The summed E-state index contributed by atoms with van der Waals surface area (Å²) in [6.45, 7) is 4.05. The zero-order chi connectivity index (χ0) is 22.6. The number of hydrogen-bond acceptors (Lipinski definition) is 7. The standard InChI is InChI=1S/C23H28N2O6/c1-16(26)30-21-11-5-3-8-18(21)14-24-13-7-10-20(23(28)29)25-15-19-9-4-6-12-22(19)31-17(2)27/h3-6,8-9,11-12,20,24-25H,7,10,13-15H2,1-2H3,(H,28,29)/t20-/m0/s1. The van der Waals surface area contributed by atoms with E-state index in [-0.39, 0.29) is 12.5 Å². The van der Waals surface area contributed by atoms with Crippen molar-refractivity contribution in [3.05, 3.63) is 59.7 Å². The van der Waals surface area contributed by atoms with Gasteiger partial charge in [-0.2, -0.15) is 0 Å². The van der Waals surface area contributed by atoms with Crippen LogP contribution in [0.3, 0.4) is 0 Å². The number of carbonyl (C=O) groups is 3. The maximum absolute atomic E-state index is 11.6. The third kappa shape index (κ3) is 8.57. The van der Waals surface area contributed by atoms with Gasteiger partial charge in [0.2, 0.25) is 0 Å². The smallest absolute Gasteiger partial charge is 0.320 e. The first-order valence-corrected chi connectivity index (χ1v) is 10.1. The summed E-state index contributed by atoms with van der Waals surface area (Å²) >= 11 is 0. The number of hydrogen-bond donors (Lipinski definition) is 3. The van der Waals surface area contributed by atoms with Crippen LogP contribution in [0.1, 0.15) is 37.8 Å². The first-order chi connectivity index (χ1) is 14.9. The van der Waals surface area contributed by atoms with E-state index in [9.17, 15) is 19.5 Å². The fourth-order valence-electron chi connectivity index (χ4n) is 3.01. The summed E-state index contributed by atoms with van der Waals surface area (Å²) in [6.07, 6.45) is 1.05. The van der Waals surface area contributed by atoms with Crippen LogP contribution in [0.15, 0.2) is 48.5 Å². The van der Waals surface area contributed by atoms with Gasteiger partial charge in [-0.25, -0.2) is 0 Å². The maximum atomic E-state index is 11.6. The summed E-state index contributed by atoms with van der Waals surface area (Å²) in [5, 5.41) is 15.8. The molecule has 2 rings (SSSR count). The minimum atomic E-state index is -0.940. The third-order valence-electron chi connectivity index (χ3n) is 4.45. The Morgan fingerprint density at radius 2 is 1.39 bits per heavy atom. The molecule has 0 heterocycles. The molecule has 2 aromatic rings. The Kier molecular flexibility index (Phi) is 9.67. The Bertz CT molecular complexity index is 899. The largest absolute Gasteiger partial charge is 0.480 e. The van der Waals surface area contributed by atoms with Crippen molar-refractivity contribution in [2.24, 2.45) is 0 Å². The quantitative estimate of drug-likeness (QED) is 0.269. The number of ether oxygens (including phenoxy) is 2. The van der Waals surface area contributed by atoms with Gasteiger partial charge in [0.15, 0.2) is 0 Å². The van der Waals surface area contributed by atoms with Gasteiger partial charge < -0.3 is 25.2 Å². The molecule has 166 valence electrons. The monoisotopic (exact) mass is 428 g/mol. The van der Waals surface area contributed by atoms with Crippen LogP contribution in [-0.4, -0.2) is 35.6 Å². The average Bonchev–Trinajstić information content (AvgIpc) is 2.71. The highest BCUT2D eigenvalue weighted by Gasteiger charge is 2.17. The molecule has 3 N–H and O–H groups in total. The Hall–Kier alpha value is -3.23. The Morgan fingerprint density at radius 3 is 1.90 bits per heavy atom. The number of esters is 2. The van der Waals surface area contributed by atoms with Gasteiger partial charge >= 0.3 is 17.9 Å². The summed E-state index contributed by atoms with van der Waals surface area (Å²) < 4.78 is 10.3. The molecule has 0 fully saturated rings. The topological polar surface area (TPSA) is 114 Å². The van der Waals surface area contributed by atoms with Crippen molar-refractivity contribution in [1.82, 2.24) is 10.6 Å². The number of benzene rings is 2. The molecule has 2 aromatic carbocycles. The summed E-state index contributed by atoms with van der Waals surface area (Å²) in [7, 11) is 0. The van der Waals surface area contributed by atoms with E-state index in [2.05, 4.69) is 10.6 Å². The molecule has 0 unspecified atom stereocenters. The summed E-state index contributed by atoms with van der Waals surface area (Å²) in [6, 6.07) is 13.5. The molecule has 1 atom stereocenters. The second-order valence-corrected chi connectivity index (χ2v) is 6.99. The lowest BCUT2D eigenvalue weighted by molar-refractivity contribution is -0.140. The number of carboxylic acids is 1. The van der Waals surface area contributed by atoms with Gasteiger partial charge in [-0.05, 0) is 31.5 Å². The molecule has 0 aliphatic heterocycles. The lowest BCUT2D eigenvalue weighted by Crippen LogP contribution is -2.37. The normalized spacial score (nSPS) is 11.5. The molecule has 0 radical (unpaired) electrons. The summed E-state index contributed by atoms with van der Waals surface area (Å²) in [4.78, 5) is 34.0. The van der Waals surface area contributed by atoms with E-state index in [1.165, 1.54) is 13.8 Å². The number of para-hydroxylation sites is 2. The van der Waals surface area contributed by atoms with Crippen molar-refractivity contribution in [2.45, 2.75) is 45.8 Å². The fraction of sp³-hybridized carbons (Fsp3) is 0.348. The van der Waals surface area contributed by atoms with Crippen molar-refractivity contribution in [3.63, 3.8) is 0 Å². The lowest BCUT2D eigenvalue weighted by atomic mass is 10.1. The van der Waals surface area contributed by atoms with Crippen molar-refractivity contribution in [2.75, 3.05) is 6.54 Å². The number of nitrogens with one attached hydrogen (secondary N) is 2. The lowest BCUT2D eigenvalue weighted by Gasteiger charge is -2.16. The molecule has 0 spiro atoms. The Morgan fingerprint density at radius 1 is 0.871 bits per heavy atom. The van der Waals surface area contributed by atoms with Crippen LogP contribution in [0.2, 0.25) is 0 Å². The molecular weight excluding hydrogens is 400 g/mol. The van der Waals surface area contributed by atoms with E-state index in [0.29, 0.717) is 43.0 Å². The van der Waals surface area contributed by atoms with Gasteiger partial charge in [0, 0.05) is 38.1 Å². The highest BCUT2D eigenvalue weighted by atomic mass is 16.5. The molecule has 0 aliphatic carbocycles. The molecule has 0 aliphatic rings. The predicted molar refractivity (Wildman–Crippen MR) is 115 cm³/mol. The van der Waals surface area contributed by atoms with Gasteiger partial charge in [0.25, 0.3) is 0 Å². The van der Waals surface area contributed by atoms with Crippen molar-refractivity contribution < 1.29 is 29.0 Å². The van der Waals surface area contributed by atoms with Crippen LogP contribution in [0, 0.1) is 0 Å². The van der Waals surface area contributed by atoms with Crippen LogP contribution in [0.4, 0.5) is 0 Å². The minimum absolute atomic E-state index is 0.267. The number of aliphatic carboxylic acids is 1. The van der Waals surface area contributed by atoms with E-state index in [1.807, 2.05) is 12.1 Å². The van der Waals surface area contributed by atoms with Crippen LogP contribution >= 0.6 is 0 Å². The van der Waals surface area contributed by atoms with Gasteiger partial charge in [0.1, 0.15) is 17.5 Å². The van der Waals surface area contributed by atoms with E-state index < -0.39 is 18.0 Å². The van der Waals surface area contributed by atoms with E-state index >= 15 is 0 Å². The van der Waals surface area contributed by atoms with Gasteiger partial charge in [-0.15, -0.1) is 0 Å². The van der Waals surface area contributed by atoms with Crippen molar-refractivity contribution in [1.29, 1.82) is 0 Å². The molecule has 8 heteroatoms. The van der Waals surface area contributed by atoms with Gasteiger partial charge in [-0.3, -0.25) is 14.4 Å². The first-order valence-electron chi connectivity index (χ1n) is 10.1. The highest BCUT2D eigenvalue weighted by Crippen LogP contribution is 2.19. The third-order valence-corrected chi connectivity index (χ3v) is 4.45. The van der Waals surface area contributed by atoms with Crippen molar-refractivity contribution in [3.8, 4) is 11.5 Å². The van der Waals surface area contributed by atoms with Crippen LogP contribution < -0.4 is 20.1 Å². The predicted octanol–water partition coefficient (Wildman–Crippen LogP) is 2.65. The van der Waals surface area contributed by atoms with Crippen molar-refractivity contribution >= 4 is 17.9 Å². The van der Waals surface area contributed by atoms with E-state index in [4.69, 9.17) is 9.47 Å². The SMILES string of the molecule is CC(=O)Oc1ccccc1CNCCC[C@H](NCc1ccccc1OC(C)=O)C(=O)O. The summed E-state index contributed by atoms with van der Waals surface area (Å²) in [5.74, 6) is -0.814. The molecule has 31 heavy (non-hydrogen) atoms. The first kappa shape index (κ1) is 24.0. The summed E-state index contributed by atoms with van der Waals surface area (Å²) in [5.41, 5.74) is 1.57. The van der Waals surface area contributed by atoms with Gasteiger partial charge in [0.05, 0.1) is 0 Å². The Balaban J connectivity index is 1.80. The van der Waals surface area contributed by atoms with E-state index in [1.54, 1.807) is 36.4 Å². The fourth-order valence-corrected chi connectivity index (χ4v) is 3.01. The van der Waals surface area contributed by atoms with Gasteiger partial charge in [-0.1, -0.05) is 36.4 Å². The molecular formula is C23H28N2O6. The second kappa shape index (κ2) is 12.5. The second-order valence-electron chi connectivity index (χ2n) is 6.99. The molecule has 0 saturated carbocycles. The zero-order valence-electron chi connectivity index (χ0n) is 17.7. The molecule has 8 nitrogen and oxygen atoms in total. The number of carboxylic acid groups (broad SMARTS) is 1. The maximum Gasteiger partial charge on any atom is 0.320 e. The average molecular weight is 428 g/mol. The van der Waals surface area contributed by atoms with Crippen LogP contribution in [0.25, 0.3) is 0 Å². The minimum Gasteiger partial charge on any atom is -0.480 e. The molecule has 0 saturated heterocycles. The number of carbonyl (C=O) groups excluding carboxylic acids is 2.